The van der Waals surface area contributed by atoms with Crippen molar-refractivity contribution in [1.29, 1.82) is 0 Å². The van der Waals surface area contributed by atoms with Gasteiger partial charge in [0.05, 0.1) is 19.2 Å². The van der Waals surface area contributed by atoms with Gasteiger partial charge in [-0.15, -0.1) is 6.42 Å². The molecule has 0 fully saturated rings. The van der Waals surface area contributed by atoms with Gasteiger partial charge in [-0.1, -0.05) is 5.92 Å². The number of methoxy groups -OCH3 is 1. The van der Waals surface area contributed by atoms with E-state index < -0.39 is 11.9 Å². The fraction of sp³-hybridized carbons (Fsp3) is 0.231. The number of ether oxygens (including phenoxy) is 2. The molecule has 0 aliphatic heterocycles. The van der Waals surface area contributed by atoms with Crippen LogP contribution in [0.25, 0.3) is 0 Å². The highest BCUT2D eigenvalue weighted by molar-refractivity contribution is 5.91. The van der Waals surface area contributed by atoms with Crippen LogP contribution in [0.4, 0.5) is 0 Å². The summed E-state index contributed by atoms with van der Waals surface area (Å²) >= 11 is 0. The summed E-state index contributed by atoms with van der Waals surface area (Å²) in [6, 6.07) is 6.38. The van der Waals surface area contributed by atoms with E-state index in [2.05, 4.69) is 11.2 Å². The molecule has 0 heterocycles. The number of esters is 1. The highest BCUT2D eigenvalue weighted by Gasteiger charge is 2.09. The maximum Gasteiger partial charge on any atom is 0.338 e. The summed E-state index contributed by atoms with van der Waals surface area (Å²) < 4.78 is 9.76. The predicted molar refractivity (Wildman–Crippen MR) is 65.1 cm³/mol. The van der Waals surface area contributed by atoms with E-state index in [1.807, 2.05) is 0 Å². The maximum absolute atomic E-state index is 11.5. The van der Waals surface area contributed by atoms with Crippen molar-refractivity contribution in [3.05, 3.63) is 29.8 Å². The SMILES string of the molecule is C#CCNC(=O)COC(=O)c1ccc(OC)cc1. The number of carbonyl (C=O) groups is 2. The molecule has 18 heavy (non-hydrogen) atoms. The van der Waals surface area contributed by atoms with Crippen LogP contribution in [0.3, 0.4) is 0 Å². The standard InChI is InChI=1S/C13H13NO4/c1-3-8-14-12(15)9-18-13(16)10-4-6-11(17-2)7-5-10/h1,4-7H,8-9H2,2H3,(H,14,15). The van der Waals surface area contributed by atoms with Crippen molar-refractivity contribution in [3.8, 4) is 18.1 Å². The molecule has 0 spiro atoms. The number of rotatable bonds is 5. The average molecular weight is 247 g/mol. The molecule has 0 saturated heterocycles. The molecular formula is C13H13NO4. The highest BCUT2D eigenvalue weighted by atomic mass is 16.5. The van der Waals surface area contributed by atoms with Crippen LogP contribution in [0.2, 0.25) is 0 Å². The molecule has 1 amide bonds. The van der Waals surface area contributed by atoms with Crippen molar-refractivity contribution in [2.75, 3.05) is 20.3 Å². The summed E-state index contributed by atoms with van der Waals surface area (Å²) in [5.41, 5.74) is 0.348. The highest BCUT2D eigenvalue weighted by Crippen LogP contribution is 2.11. The van der Waals surface area contributed by atoms with Gasteiger partial charge in [-0.05, 0) is 24.3 Å². The largest absolute Gasteiger partial charge is 0.497 e. The summed E-state index contributed by atoms with van der Waals surface area (Å²) in [7, 11) is 1.53. The first-order valence-electron chi connectivity index (χ1n) is 5.18. The Labute approximate surface area is 105 Å². The molecule has 94 valence electrons. The van der Waals surface area contributed by atoms with E-state index in [0.29, 0.717) is 11.3 Å². The lowest BCUT2D eigenvalue weighted by Crippen LogP contribution is -2.28. The Morgan fingerprint density at radius 3 is 2.56 bits per heavy atom. The summed E-state index contributed by atoms with van der Waals surface area (Å²) in [5, 5.41) is 2.39. The smallest absolute Gasteiger partial charge is 0.338 e. The van der Waals surface area contributed by atoms with Crippen LogP contribution in [-0.4, -0.2) is 32.1 Å². The second kappa shape index (κ2) is 6.97. The molecule has 5 heteroatoms. The monoisotopic (exact) mass is 247 g/mol. The van der Waals surface area contributed by atoms with Crippen molar-refractivity contribution in [1.82, 2.24) is 5.32 Å². The van der Waals surface area contributed by atoms with Crippen molar-refractivity contribution >= 4 is 11.9 Å². The first-order chi connectivity index (χ1) is 8.67. The number of terminal acetylenes is 1. The topological polar surface area (TPSA) is 64.6 Å². The third kappa shape index (κ3) is 4.18. The van der Waals surface area contributed by atoms with Crippen LogP contribution in [0, 0.1) is 12.3 Å². The van der Waals surface area contributed by atoms with Crippen LogP contribution >= 0.6 is 0 Å². The van der Waals surface area contributed by atoms with E-state index in [1.54, 1.807) is 24.3 Å². The minimum Gasteiger partial charge on any atom is -0.497 e. The molecule has 1 N–H and O–H groups in total. The summed E-state index contributed by atoms with van der Waals surface area (Å²) in [6.45, 7) is -0.245. The molecule has 1 rings (SSSR count). The number of benzene rings is 1. The van der Waals surface area contributed by atoms with Gasteiger partial charge in [0, 0.05) is 0 Å². The number of hydrogen-bond donors (Lipinski definition) is 1. The fourth-order valence-corrected chi connectivity index (χ4v) is 1.14. The van der Waals surface area contributed by atoms with Gasteiger partial charge < -0.3 is 14.8 Å². The van der Waals surface area contributed by atoms with E-state index in [0.717, 1.165) is 0 Å². The van der Waals surface area contributed by atoms with E-state index in [-0.39, 0.29) is 13.2 Å². The number of amides is 1. The molecule has 0 aliphatic carbocycles. The number of hydrogen-bond acceptors (Lipinski definition) is 4. The lowest BCUT2D eigenvalue weighted by atomic mass is 10.2. The van der Waals surface area contributed by atoms with Gasteiger partial charge in [-0.25, -0.2) is 4.79 Å². The normalized spacial score (nSPS) is 9.11. The first kappa shape index (κ1) is 13.6. The number of nitrogens with one attached hydrogen (secondary N) is 1. The first-order valence-corrected chi connectivity index (χ1v) is 5.18. The molecule has 1 aromatic carbocycles. The molecular weight excluding hydrogens is 234 g/mol. The molecule has 0 aliphatic rings. The second-order valence-corrected chi connectivity index (χ2v) is 3.29. The van der Waals surface area contributed by atoms with E-state index >= 15 is 0 Å². The summed E-state index contributed by atoms with van der Waals surface area (Å²) in [5.74, 6) is 1.87. The molecule has 0 aromatic heterocycles. The maximum atomic E-state index is 11.5. The van der Waals surface area contributed by atoms with E-state index in [1.165, 1.54) is 7.11 Å². The Morgan fingerprint density at radius 2 is 2.00 bits per heavy atom. The average Bonchev–Trinajstić information content (AvgIpc) is 2.42. The van der Waals surface area contributed by atoms with Gasteiger partial charge in [0.25, 0.3) is 5.91 Å². The summed E-state index contributed by atoms with van der Waals surface area (Å²) in [6.07, 6.45) is 4.97. The third-order valence-electron chi connectivity index (χ3n) is 2.05. The molecule has 0 radical (unpaired) electrons. The molecule has 0 saturated carbocycles. The molecule has 0 bridgehead atoms. The number of carbonyl (C=O) groups excluding carboxylic acids is 2. The molecule has 5 nitrogen and oxygen atoms in total. The molecule has 0 atom stereocenters. The molecule has 0 unspecified atom stereocenters. The lowest BCUT2D eigenvalue weighted by molar-refractivity contribution is -0.123. The lowest BCUT2D eigenvalue weighted by Gasteiger charge is -2.05. The zero-order valence-electron chi connectivity index (χ0n) is 9.93. The van der Waals surface area contributed by atoms with Gasteiger partial charge in [-0.3, -0.25) is 4.79 Å². The Bertz CT molecular complexity index is 459. The van der Waals surface area contributed by atoms with E-state index in [4.69, 9.17) is 15.9 Å². The fourth-order valence-electron chi connectivity index (χ4n) is 1.14. The Morgan fingerprint density at radius 1 is 1.33 bits per heavy atom. The Balaban J connectivity index is 2.45. The quantitative estimate of drug-likeness (QED) is 0.611. The van der Waals surface area contributed by atoms with Gasteiger partial charge in [0.1, 0.15) is 5.75 Å². The van der Waals surface area contributed by atoms with Crippen molar-refractivity contribution in [3.63, 3.8) is 0 Å². The zero-order chi connectivity index (χ0) is 13.4. The summed E-state index contributed by atoms with van der Waals surface area (Å²) in [4.78, 5) is 22.7. The second-order valence-electron chi connectivity index (χ2n) is 3.29. The van der Waals surface area contributed by atoms with Crippen LogP contribution < -0.4 is 10.1 Å². The van der Waals surface area contributed by atoms with Crippen LogP contribution in [0.5, 0.6) is 5.75 Å². The van der Waals surface area contributed by atoms with Gasteiger partial charge in [0.2, 0.25) is 0 Å². The predicted octanol–water partition coefficient (Wildman–Crippen LogP) is 0.601. The van der Waals surface area contributed by atoms with Crippen molar-refractivity contribution in [2.24, 2.45) is 0 Å². The van der Waals surface area contributed by atoms with Gasteiger partial charge >= 0.3 is 5.97 Å². The zero-order valence-corrected chi connectivity index (χ0v) is 9.93. The Kier molecular flexibility index (Phi) is 5.26. The van der Waals surface area contributed by atoms with Crippen molar-refractivity contribution in [2.45, 2.75) is 0 Å². The van der Waals surface area contributed by atoms with Crippen LogP contribution in [-0.2, 0) is 9.53 Å². The molecule has 1 aromatic rings. The third-order valence-corrected chi connectivity index (χ3v) is 2.05. The van der Waals surface area contributed by atoms with Crippen LogP contribution in [0.15, 0.2) is 24.3 Å². The van der Waals surface area contributed by atoms with E-state index in [9.17, 15) is 9.59 Å². The van der Waals surface area contributed by atoms with Gasteiger partial charge in [-0.2, -0.15) is 0 Å². The Hall–Kier alpha value is -2.48. The van der Waals surface area contributed by atoms with Gasteiger partial charge in [0.15, 0.2) is 6.61 Å². The van der Waals surface area contributed by atoms with Crippen LogP contribution in [0.1, 0.15) is 10.4 Å². The minimum atomic E-state index is -0.575. The minimum absolute atomic E-state index is 0.110. The van der Waals surface area contributed by atoms with Crippen molar-refractivity contribution < 1.29 is 19.1 Å².